The molecule has 4 heteroatoms. The van der Waals surface area contributed by atoms with E-state index in [9.17, 15) is 4.79 Å². The van der Waals surface area contributed by atoms with Crippen LogP contribution in [0.4, 0.5) is 0 Å². The van der Waals surface area contributed by atoms with E-state index in [0.717, 1.165) is 11.1 Å². The second-order valence-electron chi connectivity index (χ2n) is 2.25. The number of aryl methyl sites for hydroxylation is 1. The molecule has 0 aromatic carbocycles. The minimum Gasteiger partial charge on any atom is -0.293 e. The average Bonchev–Trinajstić information content (AvgIpc) is 2.04. The quantitative estimate of drug-likeness (QED) is 0.620. The summed E-state index contributed by atoms with van der Waals surface area (Å²) < 4.78 is 0. The number of ketones is 1. The molecule has 66 valence electrons. The topological polar surface area (TPSA) is 30.0 Å². The highest BCUT2D eigenvalue weighted by Crippen LogP contribution is 2.06. The standard InChI is InChI=1S/C8H8BrNO.BrH/c1-6-5-10-3-2-7(6)8(11)4-9;/h2-3,5H,4H2,1H3;1H. The summed E-state index contributed by atoms with van der Waals surface area (Å²) >= 11 is 3.12. The van der Waals surface area contributed by atoms with Crippen LogP contribution in [0.1, 0.15) is 15.9 Å². The summed E-state index contributed by atoms with van der Waals surface area (Å²) in [5, 5.41) is 0.373. The van der Waals surface area contributed by atoms with Crippen LogP contribution in [0.25, 0.3) is 0 Å². The number of halogens is 2. The largest absolute Gasteiger partial charge is 0.293 e. The number of carbonyl (C=O) groups is 1. The first-order chi connectivity index (χ1) is 5.25. The molecule has 0 radical (unpaired) electrons. The number of rotatable bonds is 2. The first kappa shape index (κ1) is 11.8. The zero-order valence-electron chi connectivity index (χ0n) is 6.58. The third-order valence-corrected chi connectivity index (χ3v) is 1.95. The SMILES string of the molecule is Br.Cc1cnccc1C(=O)CBr. The minimum atomic E-state index is 0. The zero-order valence-corrected chi connectivity index (χ0v) is 9.88. The maximum Gasteiger partial charge on any atom is 0.173 e. The molecule has 1 aromatic rings. The minimum absolute atomic E-state index is 0. The summed E-state index contributed by atoms with van der Waals surface area (Å²) in [6, 6.07) is 1.74. The Bertz CT molecular complexity index is 276. The van der Waals surface area contributed by atoms with Crippen molar-refractivity contribution in [3.05, 3.63) is 29.6 Å². The van der Waals surface area contributed by atoms with E-state index in [-0.39, 0.29) is 22.8 Å². The van der Waals surface area contributed by atoms with Crippen LogP contribution in [0.2, 0.25) is 0 Å². The zero-order chi connectivity index (χ0) is 8.27. The van der Waals surface area contributed by atoms with Gasteiger partial charge in [-0.05, 0) is 18.6 Å². The molecule has 0 aliphatic rings. The van der Waals surface area contributed by atoms with Crippen molar-refractivity contribution in [3.63, 3.8) is 0 Å². The van der Waals surface area contributed by atoms with Crippen LogP contribution < -0.4 is 0 Å². The molecule has 0 bridgehead atoms. The number of hydrogen-bond donors (Lipinski definition) is 0. The van der Waals surface area contributed by atoms with Gasteiger partial charge in [0.15, 0.2) is 5.78 Å². The molecular weight excluding hydrogens is 286 g/mol. The van der Waals surface area contributed by atoms with E-state index >= 15 is 0 Å². The third kappa shape index (κ3) is 2.68. The lowest BCUT2D eigenvalue weighted by Crippen LogP contribution is -2.02. The van der Waals surface area contributed by atoms with Crippen molar-refractivity contribution in [3.8, 4) is 0 Å². The van der Waals surface area contributed by atoms with Crippen molar-refractivity contribution in [2.75, 3.05) is 5.33 Å². The van der Waals surface area contributed by atoms with Crippen LogP contribution >= 0.6 is 32.9 Å². The lowest BCUT2D eigenvalue weighted by Gasteiger charge is -1.99. The molecule has 0 saturated carbocycles. The van der Waals surface area contributed by atoms with E-state index in [1.54, 1.807) is 18.5 Å². The number of hydrogen-bond acceptors (Lipinski definition) is 2. The Morgan fingerprint density at radius 3 is 2.83 bits per heavy atom. The molecule has 1 aromatic heterocycles. The van der Waals surface area contributed by atoms with Gasteiger partial charge in [-0.25, -0.2) is 0 Å². The molecule has 0 aliphatic heterocycles. The van der Waals surface area contributed by atoms with Crippen molar-refractivity contribution in [2.45, 2.75) is 6.92 Å². The summed E-state index contributed by atoms with van der Waals surface area (Å²) in [4.78, 5) is 15.1. The maximum atomic E-state index is 11.2. The Hall–Kier alpha value is -0.220. The van der Waals surface area contributed by atoms with Crippen LogP contribution in [0.15, 0.2) is 18.5 Å². The lowest BCUT2D eigenvalue weighted by atomic mass is 10.1. The summed E-state index contributed by atoms with van der Waals surface area (Å²) in [5.41, 5.74) is 1.67. The van der Waals surface area contributed by atoms with Gasteiger partial charge in [-0.15, -0.1) is 17.0 Å². The molecule has 0 atom stereocenters. The number of Topliss-reactive ketones (excluding diaryl/α,β-unsaturated/α-hetero) is 1. The van der Waals surface area contributed by atoms with E-state index < -0.39 is 0 Å². The van der Waals surface area contributed by atoms with E-state index in [1.165, 1.54) is 0 Å². The number of alkyl halides is 1. The Kier molecular flexibility index (Phi) is 5.33. The molecule has 0 aliphatic carbocycles. The molecule has 12 heavy (non-hydrogen) atoms. The van der Waals surface area contributed by atoms with Gasteiger partial charge in [0.05, 0.1) is 5.33 Å². The van der Waals surface area contributed by atoms with Gasteiger partial charge in [0.2, 0.25) is 0 Å². The Labute approximate surface area is 90.3 Å². The second kappa shape index (κ2) is 5.43. The molecule has 1 rings (SSSR count). The normalized spacial score (nSPS) is 8.83. The Morgan fingerprint density at radius 1 is 1.67 bits per heavy atom. The van der Waals surface area contributed by atoms with Crippen LogP contribution in [-0.4, -0.2) is 16.1 Å². The fourth-order valence-corrected chi connectivity index (χ4v) is 1.16. The highest BCUT2D eigenvalue weighted by Gasteiger charge is 2.05. The van der Waals surface area contributed by atoms with E-state index in [4.69, 9.17) is 0 Å². The Balaban J connectivity index is 0.00000121. The van der Waals surface area contributed by atoms with E-state index in [0.29, 0.717) is 5.33 Å². The maximum absolute atomic E-state index is 11.2. The van der Waals surface area contributed by atoms with Gasteiger partial charge >= 0.3 is 0 Å². The first-order valence-corrected chi connectivity index (χ1v) is 4.37. The van der Waals surface area contributed by atoms with Gasteiger partial charge in [-0.3, -0.25) is 9.78 Å². The van der Waals surface area contributed by atoms with Crippen molar-refractivity contribution in [1.82, 2.24) is 4.98 Å². The predicted molar refractivity (Wildman–Crippen MR) is 57.4 cm³/mol. The summed E-state index contributed by atoms with van der Waals surface area (Å²) in [5.74, 6) is 0.102. The van der Waals surface area contributed by atoms with Crippen molar-refractivity contribution in [2.24, 2.45) is 0 Å². The molecule has 1 heterocycles. The fourth-order valence-electron chi connectivity index (χ4n) is 0.858. The molecule has 0 unspecified atom stereocenters. The second-order valence-corrected chi connectivity index (χ2v) is 2.81. The first-order valence-electron chi connectivity index (χ1n) is 3.25. The average molecular weight is 295 g/mol. The summed E-state index contributed by atoms with van der Waals surface area (Å²) in [7, 11) is 0. The molecule has 0 saturated heterocycles. The highest BCUT2D eigenvalue weighted by atomic mass is 79.9. The molecule has 0 fully saturated rings. The molecule has 0 N–H and O–H groups in total. The van der Waals surface area contributed by atoms with Gasteiger partial charge in [-0.2, -0.15) is 0 Å². The van der Waals surface area contributed by atoms with Crippen molar-refractivity contribution >= 4 is 38.7 Å². The monoisotopic (exact) mass is 293 g/mol. The molecule has 0 amide bonds. The number of aromatic nitrogens is 1. The van der Waals surface area contributed by atoms with Crippen molar-refractivity contribution in [1.29, 1.82) is 0 Å². The van der Waals surface area contributed by atoms with Crippen LogP contribution in [0.3, 0.4) is 0 Å². The fraction of sp³-hybridized carbons (Fsp3) is 0.250. The predicted octanol–water partition coefficient (Wildman–Crippen LogP) is 2.55. The van der Waals surface area contributed by atoms with Gasteiger partial charge < -0.3 is 0 Å². The molecular formula is C8H9Br2NO. The van der Waals surface area contributed by atoms with Gasteiger partial charge in [0, 0.05) is 18.0 Å². The number of nitrogens with zero attached hydrogens (tertiary/aromatic N) is 1. The summed E-state index contributed by atoms with van der Waals surface area (Å²) in [6.45, 7) is 1.88. The van der Waals surface area contributed by atoms with Gasteiger partial charge in [0.25, 0.3) is 0 Å². The molecule has 0 spiro atoms. The van der Waals surface area contributed by atoms with Crippen LogP contribution in [0.5, 0.6) is 0 Å². The van der Waals surface area contributed by atoms with Crippen LogP contribution in [-0.2, 0) is 0 Å². The third-order valence-electron chi connectivity index (χ3n) is 1.44. The summed E-state index contributed by atoms with van der Waals surface area (Å²) in [6.07, 6.45) is 3.32. The number of pyridine rings is 1. The Morgan fingerprint density at radius 2 is 2.33 bits per heavy atom. The highest BCUT2D eigenvalue weighted by molar-refractivity contribution is 9.09. The number of carbonyl (C=O) groups excluding carboxylic acids is 1. The van der Waals surface area contributed by atoms with Gasteiger partial charge in [-0.1, -0.05) is 15.9 Å². The lowest BCUT2D eigenvalue weighted by molar-refractivity contribution is 0.102. The van der Waals surface area contributed by atoms with E-state index in [2.05, 4.69) is 20.9 Å². The smallest absolute Gasteiger partial charge is 0.173 e. The van der Waals surface area contributed by atoms with Gasteiger partial charge in [0.1, 0.15) is 0 Å². The van der Waals surface area contributed by atoms with E-state index in [1.807, 2.05) is 6.92 Å². The van der Waals surface area contributed by atoms with Crippen LogP contribution in [0, 0.1) is 6.92 Å². The molecule has 2 nitrogen and oxygen atoms in total. The van der Waals surface area contributed by atoms with Crippen molar-refractivity contribution < 1.29 is 4.79 Å².